The molecule has 5 N–H and O–H groups in total. The SMILES string of the molecule is Nc1[nH]c(=O)c(C(=O)O)c(-c2ccc(F)cc2OC(F)F)c1C(=O)O. The highest BCUT2D eigenvalue weighted by Crippen LogP contribution is 2.37. The van der Waals surface area contributed by atoms with Gasteiger partial charge in [0.05, 0.1) is 0 Å². The van der Waals surface area contributed by atoms with E-state index >= 15 is 0 Å². The number of aromatic carboxylic acids is 2. The van der Waals surface area contributed by atoms with E-state index in [-0.39, 0.29) is 0 Å². The average molecular weight is 358 g/mol. The summed E-state index contributed by atoms with van der Waals surface area (Å²) in [6.07, 6.45) is 0. The van der Waals surface area contributed by atoms with Crippen LogP contribution in [0.1, 0.15) is 20.7 Å². The van der Waals surface area contributed by atoms with Gasteiger partial charge in [0.25, 0.3) is 5.56 Å². The van der Waals surface area contributed by atoms with Gasteiger partial charge in [0.2, 0.25) is 0 Å². The summed E-state index contributed by atoms with van der Waals surface area (Å²) >= 11 is 0. The topological polar surface area (TPSA) is 143 Å². The maximum absolute atomic E-state index is 13.3. The minimum atomic E-state index is -3.42. The second-order valence-corrected chi connectivity index (χ2v) is 4.62. The average Bonchev–Trinajstić information content (AvgIpc) is 2.44. The summed E-state index contributed by atoms with van der Waals surface area (Å²) in [5.41, 5.74) is 0.894. The summed E-state index contributed by atoms with van der Waals surface area (Å²) in [6.45, 7) is -3.42. The molecule has 132 valence electrons. The third kappa shape index (κ3) is 3.39. The Kier molecular flexibility index (Phi) is 4.68. The first kappa shape index (κ1) is 17.8. The van der Waals surface area contributed by atoms with Crippen LogP contribution in [-0.4, -0.2) is 33.7 Å². The van der Waals surface area contributed by atoms with Crippen molar-refractivity contribution in [2.24, 2.45) is 0 Å². The van der Waals surface area contributed by atoms with E-state index in [0.29, 0.717) is 6.07 Å². The molecular formula is C14H9F3N2O6. The lowest BCUT2D eigenvalue weighted by atomic mass is 9.94. The fraction of sp³-hybridized carbons (Fsp3) is 0.0714. The number of hydrogen-bond acceptors (Lipinski definition) is 5. The number of nitrogens with one attached hydrogen (secondary N) is 1. The van der Waals surface area contributed by atoms with E-state index < -0.39 is 63.7 Å². The molecule has 2 rings (SSSR count). The summed E-state index contributed by atoms with van der Waals surface area (Å²) in [7, 11) is 0. The normalized spacial score (nSPS) is 10.7. The highest BCUT2D eigenvalue weighted by Gasteiger charge is 2.29. The van der Waals surface area contributed by atoms with E-state index in [1.807, 2.05) is 4.98 Å². The standard InChI is InChI=1S/C14H9F3N2O6/c15-4-1-2-5(6(3-4)25-14(16)17)7-8(12(21)22)10(18)19-11(20)9(7)13(23)24/h1-3,14H,(H,21,22)(H,23,24)(H3,18,19,20). The molecule has 1 aromatic carbocycles. The molecule has 0 saturated heterocycles. The number of nitrogens with two attached hydrogens (primary N) is 1. The van der Waals surface area contributed by atoms with Gasteiger partial charge in [0.15, 0.2) is 0 Å². The van der Waals surface area contributed by atoms with Crippen molar-refractivity contribution in [2.75, 3.05) is 5.73 Å². The highest BCUT2D eigenvalue weighted by atomic mass is 19.3. The Bertz CT molecular complexity index is 926. The fourth-order valence-electron chi connectivity index (χ4n) is 2.21. The number of benzene rings is 1. The first-order chi connectivity index (χ1) is 11.6. The Hall–Kier alpha value is -3.50. The number of halogens is 3. The molecule has 25 heavy (non-hydrogen) atoms. The lowest BCUT2D eigenvalue weighted by molar-refractivity contribution is -0.0496. The maximum Gasteiger partial charge on any atom is 0.387 e. The number of carbonyl (C=O) groups is 2. The highest BCUT2D eigenvalue weighted by molar-refractivity contribution is 6.08. The van der Waals surface area contributed by atoms with Crippen LogP contribution in [-0.2, 0) is 0 Å². The molecule has 0 aliphatic heterocycles. The van der Waals surface area contributed by atoms with Crippen molar-refractivity contribution in [1.82, 2.24) is 4.98 Å². The quantitative estimate of drug-likeness (QED) is 0.638. The number of carboxylic acid groups (broad SMARTS) is 2. The van der Waals surface area contributed by atoms with Crippen molar-refractivity contribution in [2.45, 2.75) is 6.61 Å². The summed E-state index contributed by atoms with van der Waals surface area (Å²) < 4.78 is 42.6. The number of H-pyrrole nitrogens is 1. The van der Waals surface area contributed by atoms with E-state index in [9.17, 15) is 37.8 Å². The van der Waals surface area contributed by atoms with Gasteiger partial charge in [-0.25, -0.2) is 14.0 Å². The molecule has 8 nitrogen and oxygen atoms in total. The minimum Gasteiger partial charge on any atom is -0.478 e. The van der Waals surface area contributed by atoms with Crippen LogP contribution < -0.4 is 16.0 Å². The number of nitrogen functional groups attached to an aromatic ring is 1. The van der Waals surface area contributed by atoms with Crippen LogP contribution in [0.25, 0.3) is 11.1 Å². The molecule has 0 bridgehead atoms. The molecule has 0 amide bonds. The number of ether oxygens (including phenoxy) is 1. The molecule has 0 unspecified atom stereocenters. The van der Waals surface area contributed by atoms with Gasteiger partial charge < -0.3 is 25.7 Å². The summed E-state index contributed by atoms with van der Waals surface area (Å²) in [4.78, 5) is 36.6. The first-order valence-electron chi connectivity index (χ1n) is 6.40. The Morgan fingerprint density at radius 2 is 1.76 bits per heavy atom. The second kappa shape index (κ2) is 6.55. The predicted molar refractivity (Wildman–Crippen MR) is 77.4 cm³/mol. The van der Waals surface area contributed by atoms with Crippen LogP contribution in [0.4, 0.5) is 19.0 Å². The third-order valence-corrected chi connectivity index (χ3v) is 3.10. The van der Waals surface area contributed by atoms with Gasteiger partial charge in [0.1, 0.15) is 28.5 Å². The Morgan fingerprint density at radius 1 is 1.16 bits per heavy atom. The minimum absolute atomic E-state index is 0.496. The van der Waals surface area contributed by atoms with E-state index in [1.165, 1.54) is 0 Å². The Labute approximate surface area is 136 Å². The van der Waals surface area contributed by atoms with Crippen LogP contribution in [0.2, 0.25) is 0 Å². The van der Waals surface area contributed by atoms with Gasteiger partial charge in [0, 0.05) is 17.2 Å². The monoisotopic (exact) mass is 358 g/mol. The zero-order valence-electron chi connectivity index (χ0n) is 12.0. The van der Waals surface area contributed by atoms with Gasteiger partial charge in [-0.3, -0.25) is 4.79 Å². The van der Waals surface area contributed by atoms with Gasteiger partial charge in [-0.15, -0.1) is 0 Å². The van der Waals surface area contributed by atoms with Crippen molar-refractivity contribution in [1.29, 1.82) is 0 Å². The molecule has 1 heterocycles. The zero-order chi connectivity index (χ0) is 18.9. The third-order valence-electron chi connectivity index (χ3n) is 3.10. The van der Waals surface area contributed by atoms with Crippen molar-refractivity contribution in [3.63, 3.8) is 0 Å². The number of anilines is 1. The summed E-state index contributed by atoms with van der Waals surface area (Å²) in [5.74, 6) is -6.15. The molecule has 1 aromatic heterocycles. The molecule has 0 fully saturated rings. The van der Waals surface area contributed by atoms with Crippen molar-refractivity contribution in [3.05, 3.63) is 45.5 Å². The van der Waals surface area contributed by atoms with Gasteiger partial charge >= 0.3 is 18.6 Å². The number of aromatic nitrogens is 1. The van der Waals surface area contributed by atoms with E-state index in [2.05, 4.69) is 4.74 Å². The van der Waals surface area contributed by atoms with Crippen molar-refractivity contribution < 1.29 is 37.7 Å². The van der Waals surface area contributed by atoms with Crippen LogP contribution in [0.15, 0.2) is 23.0 Å². The van der Waals surface area contributed by atoms with E-state index in [0.717, 1.165) is 12.1 Å². The van der Waals surface area contributed by atoms with Crippen LogP contribution in [0, 0.1) is 5.82 Å². The Morgan fingerprint density at radius 3 is 2.28 bits per heavy atom. The lowest BCUT2D eigenvalue weighted by Gasteiger charge is -2.15. The number of alkyl halides is 2. The zero-order valence-corrected chi connectivity index (χ0v) is 12.0. The maximum atomic E-state index is 13.3. The molecule has 0 aliphatic carbocycles. The number of pyridine rings is 1. The molecule has 0 aliphatic rings. The fourth-order valence-corrected chi connectivity index (χ4v) is 2.21. The van der Waals surface area contributed by atoms with Gasteiger partial charge in [-0.1, -0.05) is 0 Å². The largest absolute Gasteiger partial charge is 0.478 e. The summed E-state index contributed by atoms with van der Waals surface area (Å²) in [5, 5.41) is 18.5. The number of carboxylic acids is 2. The Balaban J connectivity index is 2.98. The molecule has 0 atom stereocenters. The molecule has 2 aromatic rings. The van der Waals surface area contributed by atoms with Crippen LogP contribution in [0.5, 0.6) is 5.75 Å². The smallest absolute Gasteiger partial charge is 0.387 e. The number of rotatable bonds is 5. The first-order valence-corrected chi connectivity index (χ1v) is 6.40. The van der Waals surface area contributed by atoms with E-state index in [1.54, 1.807) is 0 Å². The molecule has 11 heteroatoms. The number of aromatic amines is 1. The van der Waals surface area contributed by atoms with Crippen molar-refractivity contribution >= 4 is 17.8 Å². The summed E-state index contributed by atoms with van der Waals surface area (Å²) in [6, 6.07) is 2.05. The lowest BCUT2D eigenvalue weighted by Crippen LogP contribution is -2.24. The second-order valence-electron chi connectivity index (χ2n) is 4.62. The predicted octanol–water partition coefficient (Wildman–Crippen LogP) is 1.76. The van der Waals surface area contributed by atoms with Gasteiger partial charge in [-0.2, -0.15) is 8.78 Å². The molecule has 0 spiro atoms. The van der Waals surface area contributed by atoms with Crippen LogP contribution in [0.3, 0.4) is 0 Å². The van der Waals surface area contributed by atoms with Crippen molar-refractivity contribution in [3.8, 4) is 16.9 Å². The molecular weight excluding hydrogens is 349 g/mol. The van der Waals surface area contributed by atoms with Gasteiger partial charge in [-0.05, 0) is 12.1 Å². The number of hydrogen-bond donors (Lipinski definition) is 4. The molecule has 0 radical (unpaired) electrons. The molecule has 0 saturated carbocycles. The van der Waals surface area contributed by atoms with Crippen LogP contribution >= 0.6 is 0 Å². The van der Waals surface area contributed by atoms with E-state index in [4.69, 9.17) is 5.73 Å².